The zero-order valence-electron chi connectivity index (χ0n) is 5.80. The molecule has 1 nitrogen and oxygen atoms in total. The van der Waals surface area contributed by atoms with Gasteiger partial charge in [0.05, 0.1) is 11.1 Å². The largest absolute Gasteiger partial charge is 0.233 e. The third-order valence-corrected chi connectivity index (χ3v) is 3.36. The Hall–Kier alpha value is -0.330. The number of nitrogens with zero attached hydrogens (tertiary/aromatic N) is 1. The highest BCUT2D eigenvalue weighted by Crippen LogP contribution is 2.47. The van der Waals surface area contributed by atoms with E-state index in [9.17, 15) is 0 Å². The molecule has 0 unspecified atom stereocenters. The zero-order chi connectivity index (χ0) is 7.90. The SMILES string of the molecule is C#CC1(c2csc(Br)n2)CC1. The Morgan fingerprint density at radius 1 is 1.73 bits per heavy atom. The fourth-order valence-electron chi connectivity index (χ4n) is 1.07. The van der Waals surface area contributed by atoms with E-state index in [1.165, 1.54) is 0 Å². The molecular formula is C8H6BrNS. The molecule has 1 fully saturated rings. The van der Waals surface area contributed by atoms with Gasteiger partial charge in [-0.1, -0.05) is 5.92 Å². The van der Waals surface area contributed by atoms with Crippen LogP contribution >= 0.6 is 27.3 Å². The predicted octanol–water partition coefficient (Wildman–Crippen LogP) is 2.57. The van der Waals surface area contributed by atoms with Gasteiger partial charge in [0, 0.05) is 5.38 Å². The monoisotopic (exact) mass is 227 g/mol. The molecule has 1 aromatic rings. The number of thiazole rings is 1. The molecule has 0 aliphatic heterocycles. The lowest BCUT2D eigenvalue weighted by molar-refractivity contribution is 0.881. The Kier molecular flexibility index (Phi) is 1.55. The Labute approximate surface area is 78.0 Å². The zero-order valence-corrected chi connectivity index (χ0v) is 8.20. The summed E-state index contributed by atoms with van der Waals surface area (Å²) in [4.78, 5) is 4.31. The maximum Gasteiger partial charge on any atom is 0.159 e. The van der Waals surface area contributed by atoms with Crippen LogP contribution in [0.4, 0.5) is 0 Å². The van der Waals surface area contributed by atoms with E-state index in [-0.39, 0.29) is 5.41 Å². The maximum atomic E-state index is 5.41. The van der Waals surface area contributed by atoms with Crippen molar-refractivity contribution < 1.29 is 0 Å². The van der Waals surface area contributed by atoms with Crippen LogP contribution in [0.3, 0.4) is 0 Å². The highest BCUT2D eigenvalue weighted by Gasteiger charge is 2.44. The van der Waals surface area contributed by atoms with Crippen molar-refractivity contribution in [2.75, 3.05) is 0 Å². The number of hydrogen-bond donors (Lipinski definition) is 0. The summed E-state index contributed by atoms with van der Waals surface area (Å²) < 4.78 is 0.925. The van der Waals surface area contributed by atoms with E-state index in [1.807, 2.05) is 5.38 Å². The Morgan fingerprint density at radius 2 is 2.45 bits per heavy atom. The number of rotatable bonds is 1. The average Bonchev–Trinajstić information content (AvgIpc) is 2.70. The van der Waals surface area contributed by atoms with Crippen LogP contribution in [0.5, 0.6) is 0 Å². The molecule has 56 valence electrons. The summed E-state index contributed by atoms with van der Waals surface area (Å²) in [6, 6.07) is 0. The van der Waals surface area contributed by atoms with E-state index in [0.29, 0.717) is 0 Å². The number of aromatic nitrogens is 1. The summed E-state index contributed by atoms with van der Waals surface area (Å²) in [5.74, 6) is 2.81. The summed E-state index contributed by atoms with van der Waals surface area (Å²) in [6.45, 7) is 0. The van der Waals surface area contributed by atoms with Crippen LogP contribution in [0.15, 0.2) is 9.30 Å². The number of halogens is 1. The van der Waals surface area contributed by atoms with Gasteiger partial charge in [-0.15, -0.1) is 17.8 Å². The van der Waals surface area contributed by atoms with E-state index in [1.54, 1.807) is 11.3 Å². The molecule has 1 heterocycles. The van der Waals surface area contributed by atoms with Crippen molar-refractivity contribution in [1.29, 1.82) is 0 Å². The normalized spacial score (nSPS) is 19.3. The van der Waals surface area contributed by atoms with Gasteiger partial charge in [-0.3, -0.25) is 0 Å². The molecule has 0 radical (unpaired) electrons. The number of terminal acetylenes is 1. The van der Waals surface area contributed by atoms with Crippen molar-refractivity contribution in [3.63, 3.8) is 0 Å². The van der Waals surface area contributed by atoms with Crippen molar-refractivity contribution in [1.82, 2.24) is 4.98 Å². The smallest absolute Gasteiger partial charge is 0.159 e. The van der Waals surface area contributed by atoms with Gasteiger partial charge in [-0.25, -0.2) is 4.98 Å². The minimum Gasteiger partial charge on any atom is -0.233 e. The lowest BCUT2D eigenvalue weighted by atomic mass is 10.1. The Bertz CT molecular complexity index is 319. The molecule has 11 heavy (non-hydrogen) atoms. The fraction of sp³-hybridized carbons (Fsp3) is 0.375. The second kappa shape index (κ2) is 2.33. The minimum absolute atomic E-state index is 0.00250. The van der Waals surface area contributed by atoms with Gasteiger partial charge in [0.1, 0.15) is 0 Å². The summed E-state index contributed by atoms with van der Waals surface area (Å²) >= 11 is 4.92. The Morgan fingerprint density at radius 3 is 2.82 bits per heavy atom. The molecule has 1 aliphatic rings. The minimum atomic E-state index is 0.00250. The summed E-state index contributed by atoms with van der Waals surface area (Å²) in [7, 11) is 0. The highest BCUT2D eigenvalue weighted by molar-refractivity contribution is 9.11. The van der Waals surface area contributed by atoms with Crippen LogP contribution in [0, 0.1) is 12.3 Å². The molecular weight excluding hydrogens is 222 g/mol. The molecule has 0 atom stereocenters. The molecule has 0 amide bonds. The van der Waals surface area contributed by atoms with Crippen molar-refractivity contribution in [3.8, 4) is 12.3 Å². The van der Waals surface area contributed by atoms with Gasteiger partial charge in [-0.2, -0.15) is 0 Å². The standard InChI is InChI=1S/C8H6BrNS/c1-2-8(3-4-8)6-5-11-7(9)10-6/h1,5H,3-4H2. The molecule has 0 N–H and O–H groups in total. The van der Waals surface area contributed by atoms with Gasteiger partial charge < -0.3 is 0 Å². The van der Waals surface area contributed by atoms with Gasteiger partial charge in [-0.05, 0) is 28.8 Å². The molecule has 1 aliphatic carbocycles. The molecule has 0 spiro atoms. The first-order valence-corrected chi connectivity index (χ1v) is 5.03. The maximum absolute atomic E-state index is 5.41. The van der Waals surface area contributed by atoms with Crippen LogP contribution in [-0.2, 0) is 5.41 Å². The van der Waals surface area contributed by atoms with E-state index in [0.717, 1.165) is 22.5 Å². The van der Waals surface area contributed by atoms with Crippen molar-refractivity contribution in [2.24, 2.45) is 0 Å². The van der Waals surface area contributed by atoms with E-state index >= 15 is 0 Å². The van der Waals surface area contributed by atoms with Gasteiger partial charge in [0.15, 0.2) is 3.92 Å². The molecule has 0 saturated heterocycles. The average molecular weight is 228 g/mol. The summed E-state index contributed by atoms with van der Waals surface area (Å²) in [6.07, 6.45) is 7.60. The van der Waals surface area contributed by atoms with Gasteiger partial charge >= 0.3 is 0 Å². The van der Waals surface area contributed by atoms with Crippen LogP contribution in [0.1, 0.15) is 18.5 Å². The third kappa shape index (κ3) is 1.11. The molecule has 3 heteroatoms. The second-order valence-corrected chi connectivity index (χ2v) is 4.85. The summed E-state index contributed by atoms with van der Waals surface area (Å²) in [5, 5.41) is 2.04. The number of hydrogen-bond acceptors (Lipinski definition) is 2. The third-order valence-electron chi connectivity index (χ3n) is 1.99. The quantitative estimate of drug-likeness (QED) is 0.673. The second-order valence-electron chi connectivity index (χ2n) is 2.71. The predicted molar refractivity (Wildman–Crippen MR) is 49.6 cm³/mol. The lowest BCUT2D eigenvalue weighted by Gasteiger charge is -1.99. The van der Waals surface area contributed by atoms with Gasteiger partial charge in [0.2, 0.25) is 0 Å². The molecule has 1 saturated carbocycles. The van der Waals surface area contributed by atoms with Crippen LogP contribution in [-0.4, -0.2) is 4.98 Å². The highest BCUT2D eigenvalue weighted by atomic mass is 79.9. The first kappa shape index (κ1) is 7.33. The topological polar surface area (TPSA) is 12.9 Å². The molecule has 0 bridgehead atoms. The van der Waals surface area contributed by atoms with E-state index in [4.69, 9.17) is 6.42 Å². The molecule has 2 rings (SSSR count). The van der Waals surface area contributed by atoms with Crippen molar-refractivity contribution in [2.45, 2.75) is 18.3 Å². The fourth-order valence-corrected chi connectivity index (χ4v) is 2.18. The van der Waals surface area contributed by atoms with E-state index < -0.39 is 0 Å². The Balaban J connectivity index is 2.38. The van der Waals surface area contributed by atoms with Crippen LogP contribution in [0.25, 0.3) is 0 Å². The van der Waals surface area contributed by atoms with Crippen molar-refractivity contribution in [3.05, 3.63) is 15.0 Å². The lowest BCUT2D eigenvalue weighted by Crippen LogP contribution is -2.01. The van der Waals surface area contributed by atoms with Crippen LogP contribution in [0.2, 0.25) is 0 Å². The first-order chi connectivity index (χ1) is 5.27. The van der Waals surface area contributed by atoms with Crippen molar-refractivity contribution >= 4 is 27.3 Å². The van der Waals surface area contributed by atoms with Crippen LogP contribution < -0.4 is 0 Å². The first-order valence-electron chi connectivity index (χ1n) is 3.36. The van der Waals surface area contributed by atoms with E-state index in [2.05, 4.69) is 26.8 Å². The molecule has 0 aromatic carbocycles. The molecule has 1 aromatic heterocycles. The van der Waals surface area contributed by atoms with Gasteiger partial charge in [0.25, 0.3) is 0 Å². The summed E-state index contributed by atoms with van der Waals surface area (Å²) in [5.41, 5.74) is 1.07.